The lowest BCUT2D eigenvalue weighted by Crippen LogP contribution is -2.37. The van der Waals surface area contributed by atoms with Crippen LogP contribution < -0.4 is 5.32 Å². The van der Waals surface area contributed by atoms with Crippen LogP contribution in [0.5, 0.6) is 0 Å². The summed E-state index contributed by atoms with van der Waals surface area (Å²) in [7, 11) is -3.36. The van der Waals surface area contributed by atoms with E-state index in [4.69, 9.17) is 0 Å². The number of hydrogen-bond acceptors (Lipinski definition) is 5. The number of hydrogen-bond donors (Lipinski definition) is 2. The average Bonchev–Trinajstić information content (AvgIpc) is 3.08. The van der Waals surface area contributed by atoms with Gasteiger partial charge < -0.3 is 10.4 Å². The van der Waals surface area contributed by atoms with Crippen molar-refractivity contribution in [2.24, 2.45) is 5.92 Å². The number of thiophene rings is 1. The van der Waals surface area contributed by atoms with Crippen LogP contribution in [-0.4, -0.2) is 38.0 Å². The van der Waals surface area contributed by atoms with E-state index >= 15 is 0 Å². The maximum absolute atomic E-state index is 12.0. The third-order valence-electron chi connectivity index (χ3n) is 4.08. The molecule has 4 nitrogen and oxygen atoms in total. The van der Waals surface area contributed by atoms with Crippen LogP contribution in [0.15, 0.2) is 21.7 Å². The van der Waals surface area contributed by atoms with Gasteiger partial charge in [-0.25, -0.2) is 8.42 Å². The highest BCUT2D eigenvalue weighted by Crippen LogP contribution is 2.28. The van der Waals surface area contributed by atoms with Crippen molar-refractivity contribution < 1.29 is 13.5 Å². The van der Waals surface area contributed by atoms with E-state index in [1.807, 2.05) is 0 Å². The van der Waals surface area contributed by atoms with Crippen LogP contribution in [0, 0.1) is 5.92 Å². The smallest absolute Gasteiger partial charge is 0.190 e. The van der Waals surface area contributed by atoms with Crippen LogP contribution in [0.4, 0.5) is 0 Å². The average molecular weight is 332 g/mol. The van der Waals surface area contributed by atoms with Crippen molar-refractivity contribution in [1.29, 1.82) is 0 Å². The maximum atomic E-state index is 12.0. The Morgan fingerprint density at radius 2 is 2.14 bits per heavy atom. The highest BCUT2D eigenvalue weighted by atomic mass is 32.2. The van der Waals surface area contributed by atoms with Gasteiger partial charge in [0.05, 0.1) is 11.9 Å². The minimum absolute atomic E-state index is 0.212. The lowest BCUT2D eigenvalue weighted by Gasteiger charge is -2.19. The van der Waals surface area contributed by atoms with E-state index in [0.29, 0.717) is 16.8 Å². The predicted molar refractivity (Wildman–Crippen MR) is 86.4 cm³/mol. The van der Waals surface area contributed by atoms with Crippen molar-refractivity contribution in [2.45, 2.75) is 55.4 Å². The normalized spacial score (nSPS) is 19.7. The van der Waals surface area contributed by atoms with Gasteiger partial charge in [0.2, 0.25) is 0 Å². The maximum Gasteiger partial charge on any atom is 0.190 e. The number of rotatable bonds is 8. The quantitative estimate of drug-likeness (QED) is 0.768. The summed E-state index contributed by atoms with van der Waals surface area (Å²) in [6.07, 6.45) is 5.54. The zero-order valence-corrected chi connectivity index (χ0v) is 14.1. The van der Waals surface area contributed by atoms with E-state index < -0.39 is 15.9 Å². The third kappa shape index (κ3) is 5.36. The largest absolute Gasteiger partial charge is 0.391 e. The van der Waals surface area contributed by atoms with Crippen LogP contribution in [0.3, 0.4) is 0 Å². The van der Waals surface area contributed by atoms with Gasteiger partial charge in [0.1, 0.15) is 4.21 Å². The molecule has 1 aliphatic carbocycles. The molecule has 0 bridgehead atoms. The van der Waals surface area contributed by atoms with Crippen molar-refractivity contribution >= 4 is 21.2 Å². The van der Waals surface area contributed by atoms with Crippen LogP contribution in [0.2, 0.25) is 0 Å². The molecule has 21 heavy (non-hydrogen) atoms. The van der Waals surface area contributed by atoms with Gasteiger partial charge in [-0.15, -0.1) is 11.3 Å². The molecule has 0 amide bonds. The van der Waals surface area contributed by atoms with Crippen molar-refractivity contribution in [3.05, 3.63) is 17.5 Å². The molecule has 0 aliphatic heterocycles. The molecule has 0 aromatic carbocycles. The fourth-order valence-electron chi connectivity index (χ4n) is 3.00. The Hall–Kier alpha value is -0.430. The fourth-order valence-corrected chi connectivity index (χ4v) is 5.48. The minimum Gasteiger partial charge on any atom is -0.391 e. The molecule has 2 N–H and O–H groups in total. The zero-order chi connectivity index (χ0) is 15.3. The Bertz CT molecular complexity index is 507. The van der Waals surface area contributed by atoms with Gasteiger partial charge >= 0.3 is 0 Å². The van der Waals surface area contributed by atoms with Crippen LogP contribution in [0.25, 0.3) is 0 Å². The first-order chi connectivity index (χ1) is 9.97. The van der Waals surface area contributed by atoms with Crippen LogP contribution in [-0.2, 0) is 9.84 Å². The van der Waals surface area contributed by atoms with Crippen molar-refractivity contribution in [3.8, 4) is 0 Å². The second kappa shape index (κ2) is 7.72. The summed E-state index contributed by atoms with van der Waals surface area (Å²) in [5.41, 5.74) is 0. The first-order valence-electron chi connectivity index (χ1n) is 7.65. The topological polar surface area (TPSA) is 66.4 Å². The molecule has 1 fully saturated rings. The summed E-state index contributed by atoms with van der Waals surface area (Å²) >= 11 is 1.20. The first kappa shape index (κ1) is 16.9. The SMILES string of the molecule is CC(CC1CCCC1)NCC(O)CS(=O)(=O)c1cccs1. The third-order valence-corrected chi connectivity index (χ3v) is 7.36. The Balaban J connectivity index is 1.73. The van der Waals surface area contributed by atoms with Crippen molar-refractivity contribution in [3.63, 3.8) is 0 Å². The molecule has 0 saturated heterocycles. The standard InChI is InChI=1S/C15H25NO3S2/c1-12(9-13-5-2-3-6-13)16-10-14(17)11-21(18,19)15-7-4-8-20-15/h4,7-8,12-14,16-17H,2-3,5-6,9-11H2,1H3. The molecule has 1 aromatic heterocycles. The second-order valence-corrected chi connectivity index (χ2v) is 9.27. The molecule has 1 saturated carbocycles. The van der Waals surface area contributed by atoms with Gasteiger partial charge in [-0.3, -0.25) is 0 Å². The molecule has 6 heteroatoms. The van der Waals surface area contributed by atoms with Gasteiger partial charge in [-0.05, 0) is 30.7 Å². The lowest BCUT2D eigenvalue weighted by atomic mass is 9.99. The summed E-state index contributed by atoms with van der Waals surface area (Å²) in [6, 6.07) is 3.63. The van der Waals surface area contributed by atoms with Gasteiger partial charge in [-0.2, -0.15) is 0 Å². The molecule has 0 radical (unpaired) electrons. The van der Waals surface area contributed by atoms with Gasteiger partial charge in [0.25, 0.3) is 0 Å². The molecular formula is C15H25NO3S2. The Morgan fingerprint density at radius 3 is 2.76 bits per heavy atom. The van der Waals surface area contributed by atoms with E-state index in [1.54, 1.807) is 17.5 Å². The fraction of sp³-hybridized carbons (Fsp3) is 0.733. The molecule has 120 valence electrons. The molecular weight excluding hydrogens is 306 g/mol. The summed E-state index contributed by atoms with van der Waals surface area (Å²) in [5, 5.41) is 15.0. The lowest BCUT2D eigenvalue weighted by molar-refractivity contribution is 0.186. The van der Waals surface area contributed by atoms with Crippen molar-refractivity contribution in [1.82, 2.24) is 5.32 Å². The van der Waals surface area contributed by atoms with Crippen LogP contribution >= 0.6 is 11.3 Å². The van der Waals surface area contributed by atoms with E-state index in [1.165, 1.54) is 37.0 Å². The first-order valence-corrected chi connectivity index (χ1v) is 10.2. The van der Waals surface area contributed by atoms with Crippen molar-refractivity contribution in [2.75, 3.05) is 12.3 Å². The highest BCUT2D eigenvalue weighted by Gasteiger charge is 2.22. The van der Waals surface area contributed by atoms with Gasteiger partial charge in [0, 0.05) is 12.6 Å². The highest BCUT2D eigenvalue weighted by molar-refractivity contribution is 7.93. The molecule has 2 unspecified atom stereocenters. The van der Waals surface area contributed by atoms with E-state index in [2.05, 4.69) is 12.2 Å². The number of aliphatic hydroxyl groups is 1. The number of sulfone groups is 1. The van der Waals surface area contributed by atoms with E-state index in [-0.39, 0.29) is 5.75 Å². The Labute approximate surface area is 131 Å². The minimum atomic E-state index is -3.36. The molecule has 2 atom stereocenters. The van der Waals surface area contributed by atoms with E-state index in [9.17, 15) is 13.5 Å². The molecule has 0 spiro atoms. The van der Waals surface area contributed by atoms with Gasteiger partial charge in [0.15, 0.2) is 9.84 Å². The number of nitrogens with one attached hydrogen (secondary N) is 1. The Kier molecular flexibility index (Phi) is 6.22. The summed E-state index contributed by atoms with van der Waals surface area (Å²) in [4.78, 5) is 0. The molecule has 1 aromatic rings. The zero-order valence-electron chi connectivity index (χ0n) is 12.5. The molecule has 1 aliphatic rings. The summed E-state index contributed by atoms with van der Waals surface area (Å²) in [5.74, 6) is 0.580. The summed E-state index contributed by atoms with van der Waals surface area (Å²) in [6.45, 7) is 2.44. The summed E-state index contributed by atoms with van der Waals surface area (Å²) < 4.78 is 24.4. The molecule has 1 heterocycles. The van der Waals surface area contributed by atoms with Crippen LogP contribution in [0.1, 0.15) is 39.0 Å². The Morgan fingerprint density at radius 1 is 1.43 bits per heavy atom. The predicted octanol–water partition coefficient (Wildman–Crippen LogP) is 2.44. The van der Waals surface area contributed by atoms with Gasteiger partial charge in [-0.1, -0.05) is 31.7 Å². The number of aliphatic hydroxyl groups excluding tert-OH is 1. The van der Waals surface area contributed by atoms with E-state index in [0.717, 1.165) is 12.3 Å². The monoisotopic (exact) mass is 331 g/mol. The second-order valence-electron chi connectivity index (χ2n) is 6.06. The molecule has 2 rings (SSSR count).